The van der Waals surface area contributed by atoms with Crippen LogP contribution in [0.1, 0.15) is 37.0 Å². The fourth-order valence-corrected chi connectivity index (χ4v) is 2.34. The van der Waals surface area contributed by atoms with Gasteiger partial charge in [-0.1, -0.05) is 13.8 Å². The zero-order valence-electron chi connectivity index (χ0n) is 12.1. The Kier molecular flexibility index (Phi) is 4.45. The van der Waals surface area contributed by atoms with E-state index in [0.717, 1.165) is 23.7 Å². The van der Waals surface area contributed by atoms with Gasteiger partial charge in [0.2, 0.25) is 0 Å². The van der Waals surface area contributed by atoms with E-state index in [1.165, 1.54) is 0 Å². The van der Waals surface area contributed by atoms with Gasteiger partial charge in [0.15, 0.2) is 0 Å². The molecule has 0 aliphatic carbocycles. The molecule has 1 heterocycles. The number of nitrogens with one attached hydrogen (secondary N) is 2. The number of fused-ring (bicyclic) bond motifs is 1. The molecule has 0 saturated heterocycles. The Balaban J connectivity index is 2.07. The Labute approximate surface area is 119 Å². The van der Waals surface area contributed by atoms with Crippen molar-refractivity contribution in [2.75, 3.05) is 13.2 Å². The van der Waals surface area contributed by atoms with Crippen LogP contribution in [0.5, 0.6) is 0 Å². The molecular formula is C16H22N2O2. The second-order valence-electron chi connectivity index (χ2n) is 5.33. The highest BCUT2D eigenvalue weighted by Crippen LogP contribution is 2.24. The number of aliphatic hydroxyl groups is 1. The Bertz CT molecular complexity index is 577. The molecule has 0 atom stereocenters. The van der Waals surface area contributed by atoms with Gasteiger partial charge in [-0.3, -0.25) is 4.79 Å². The quantitative estimate of drug-likeness (QED) is 0.758. The van der Waals surface area contributed by atoms with Crippen LogP contribution < -0.4 is 5.32 Å². The van der Waals surface area contributed by atoms with E-state index in [4.69, 9.17) is 0 Å². The van der Waals surface area contributed by atoms with Crippen LogP contribution >= 0.6 is 0 Å². The molecule has 108 valence electrons. The molecule has 0 aliphatic heterocycles. The van der Waals surface area contributed by atoms with E-state index >= 15 is 0 Å². The number of carbonyl (C=O) groups excluding carboxylic acids is 1. The van der Waals surface area contributed by atoms with Gasteiger partial charge in [0.1, 0.15) is 0 Å². The van der Waals surface area contributed by atoms with E-state index in [1.807, 2.05) is 44.3 Å². The number of aromatic nitrogens is 1. The SMILES string of the molecule is CCC(CC)(CO)CNC(=O)c1ccc2[nH]ccc2c1. The van der Waals surface area contributed by atoms with Crippen molar-refractivity contribution in [3.05, 3.63) is 36.0 Å². The summed E-state index contributed by atoms with van der Waals surface area (Å²) in [6, 6.07) is 7.54. The minimum Gasteiger partial charge on any atom is -0.396 e. The molecule has 0 fully saturated rings. The number of aromatic amines is 1. The Morgan fingerprint density at radius 3 is 2.70 bits per heavy atom. The van der Waals surface area contributed by atoms with Crippen LogP contribution in [0.15, 0.2) is 30.5 Å². The van der Waals surface area contributed by atoms with Crippen molar-refractivity contribution >= 4 is 16.8 Å². The number of hydrogen-bond donors (Lipinski definition) is 3. The smallest absolute Gasteiger partial charge is 0.251 e. The molecule has 4 heteroatoms. The van der Waals surface area contributed by atoms with Gasteiger partial charge in [-0.05, 0) is 37.1 Å². The van der Waals surface area contributed by atoms with Gasteiger partial charge in [-0.2, -0.15) is 0 Å². The summed E-state index contributed by atoms with van der Waals surface area (Å²) < 4.78 is 0. The third-order valence-electron chi connectivity index (χ3n) is 4.27. The second-order valence-corrected chi connectivity index (χ2v) is 5.33. The Hall–Kier alpha value is -1.81. The van der Waals surface area contributed by atoms with Crippen LogP contribution in [-0.4, -0.2) is 29.1 Å². The summed E-state index contributed by atoms with van der Waals surface area (Å²) in [7, 11) is 0. The third kappa shape index (κ3) is 2.85. The maximum Gasteiger partial charge on any atom is 0.251 e. The van der Waals surface area contributed by atoms with Gasteiger partial charge in [-0.25, -0.2) is 0 Å². The van der Waals surface area contributed by atoms with E-state index in [1.54, 1.807) is 0 Å². The third-order valence-corrected chi connectivity index (χ3v) is 4.27. The van der Waals surface area contributed by atoms with E-state index < -0.39 is 0 Å². The lowest BCUT2D eigenvalue weighted by Gasteiger charge is -2.29. The molecular weight excluding hydrogens is 252 g/mol. The summed E-state index contributed by atoms with van der Waals surface area (Å²) in [6.07, 6.45) is 3.55. The van der Waals surface area contributed by atoms with Gasteiger partial charge in [0, 0.05) is 34.6 Å². The van der Waals surface area contributed by atoms with Crippen molar-refractivity contribution in [3.8, 4) is 0 Å². The van der Waals surface area contributed by atoms with Gasteiger partial charge < -0.3 is 15.4 Å². The van der Waals surface area contributed by atoms with Gasteiger partial charge >= 0.3 is 0 Å². The number of rotatable bonds is 6. The molecule has 20 heavy (non-hydrogen) atoms. The molecule has 0 unspecified atom stereocenters. The monoisotopic (exact) mass is 274 g/mol. The van der Waals surface area contributed by atoms with Crippen molar-refractivity contribution in [2.45, 2.75) is 26.7 Å². The summed E-state index contributed by atoms with van der Waals surface area (Å²) in [6.45, 7) is 4.67. The summed E-state index contributed by atoms with van der Waals surface area (Å²) in [5.74, 6) is -0.0900. The molecule has 0 bridgehead atoms. The molecule has 3 N–H and O–H groups in total. The summed E-state index contributed by atoms with van der Waals surface area (Å²) in [5.41, 5.74) is 1.46. The van der Waals surface area contributed by atoms with E-state index in [2.05, 4.69) is 10.3 Å². The van der Waals surface area contributed by atoms with Gasteiger partial charge in [0.05, 0.1) is 6.61 Å². The van der Waals surface area contributed by atoms with Gasteiger partial charge in [0.25, 0.3) is 5.91 Å². The fourth-order valence-electron chi connectivity index (χ4n) is 2.34. The van der Waals surface area contributed by atoms with Crippen molar-refractivity contribution in [1.29, 1.82) is 0 Å². The molecule has 1 aromatic heterocycles. The lowest BCUT2D eigenvalue weighted by Crippen LogP contribution is -2.39. The fraction of sp³-hybridized carbons (Fsp3) is 0.438. The van der Waals surface area contributed by atoms with Crippen molar-refractivity contribution in [2.24, 2.45) is 5.41 Å². The lowest BCUT2D eigenvalue weighted by atomic mass is 9.83. The average Bonchev–Trinajstić information content (AvgIpc) is 2.96. The number of amides is 1. The van der Waals surface area contributed by atoms with Crippen molar-refractivity contribution in [1.82, 2.24) is 10.3 Å². The van der Waals surface area contributed by atoms with Crippen LogP contribution in [0.25, 0.3) is 10.9 Å². The molecule has 0 spiro atoms. The zero-order chi connectivity index (χ0) is 14.6. The highest BCUT2D eigenvalue weighted by Gasteiger charge is 2.25. The summed E-state index contributed by atoms with van der Waals surface area (Å²) >= 11 is 0. The van der Waals surface area contributed by atoms with Crippen LogP contribution in [0, 0.1) is 5.41 Å². The molecule has 4 nitrogen and oxygen atoms in total. The molecule has 1 aromatic carbocycles. The number of H-pyrrole nitrogens is 1. The molecule has 0 saturated carbocycles. The van der Waals surface area contributed by atoms with Crippen LogP contribution in [0.3, 0.4) is 0 Å². The van der Waals surface area contributed by atoms with E-state index in [0.29, 0.717) is 12.1 Å². The second kappa shape index (κ2) is 6.09. The van der Waals surface area contributed by atoms with Crippen molar-refractivity contribution < 1.29 is 9.90 Å². The van der Waals surface area contributed by atoms with Crippen molar-refractivity contribution in [3.63, 3.8) is 0 Å². The Morgan fingerprint density at radius 1 is 1.30 bits per heavy atom. The maximum atomic E-state index is 12.2. The van der Waals surface area contributed by atoms with Crippen LogP contribution in [0.2, 0.25) is 0 Å². The highest BCUT2D eigenvalue weighted by atomic mass is 16.3. The standard InChI is InChI=1S/C16H22N2O2/c1-3-16(4-2,11-19)10-18-15(20)13-5-6-14-12(9-13)7-8-17-14/h5-9,17,19H,3-4,10-11H2,1-2H3,(H,18,20). The number of benzene rings is 1. The normalized spacial score (nSPS) is 11.8. The predicted molar refractivity (Wildman–Crippen MR) is 80.7 cm³/mol. The van der Waals surface area contributed by atoms with E-state index in [9.17, 15) is 9.90 Å². The first-order chi connectivity index (χ1) is 9.64. The van der Waals surface area contributed by atoms with E-state index in [-0.39, 0.29) is 17.9 Å². The molecule has 2 rings (SSSR count). The molecule has 2 aromatic rings. The number of hydrogen-bond acceptors (Lipinski definition) is 2. The molecule has 1 amide bonds. The number of aliphatic hydroxyl groups excluding tert-OH is 1. The summed E-state index contributed by atoms with van der Waals surface area (Å²) in [4.78, 5) is 15.3. The molecule has 0 aliphatic rings. The van der Waals surface area contributed by atoms with Crippen LogP contribution in [-0.2, 0) is 0 Å². The zero-order valence-corrected chi connectivity index (χ0v) is 12.1. The molecule has 0 radical (unpaired) electrons. The maximum absolute atomic E-state index is 12.2. The first-order valence-corrected chi connectivity index (χ1v) is 7.10. The minimum atomic E-state index is -0.214. The summed E-state index contributed by atoms with van der Waals surface area (Å²) in [5, 5.41) is 13.5. The van der Waals surface area contributed by atoms with Gasteiger partial charge in [-0.15, -0.1) is 0 Å². The topological polar surface area (TPSA) is 65.1 Å². The lowest BCUT2D eigenvalue weighted by molar-refractivity contribution is 0.0851. The first kappa shape index (κ1) is 14.6. The largest absolute Gasteiger partial charge is 0.396 e. The average molecular weight is 274 g/mol. The predicted octanol–water partition coefficient (Wildman–Crippen LogP) is 2.70. The van der Waals surface area contributed by atoms with Crippen LogP contribution in [0.4, 0.5) is 0 Å². The number of carbonyl (C=O) groups is 1. The highest BCUT2D eigenvalue weighted by molar-refractivity contribution is 5.98. The minimum absolute atomic E-state index is 0.0900. The first-order valence-electron chi connectivity index (χ1n) is 7.10. The Morgan fingerprint density at radius 2 is 2.05 bits per heavy atom.